The zero-order valence-corrected chi connectivity index (χ0v) is 30.8. The van der Waals surface area contributed by atoms with Crippen LogP contribution in [0.5, 0.6) is 0 Å². The SMILES string of the molecule is C[Si](C)(C)C1=CC(CP(C23CC4CC(CC(C4)C2)C3)C23CC4CC(CC(C4)C2)C3)=C(C(P)(c2ncccn2)c2ncccn2)C1. The van der Waals surface area contributed by atoms with E-state index in [-0.39, 0.29) is 7.92 Å². The van der Waals surface area contributed by atoms with Crippen molar-refractivity contribution in [3.63, 3.8) is 0 Å². The normalized spacial score (nSPS) is 39.1. The largest absolute Gasteiger partial charge is 0.240 e. The minimum absolute atomic E-state index is 0.164. The van der Waals surface area contributed by atoms with Gasteiger partial charge < -0.3 is 0 Å². The van der Waals surface area contributed by atoms with Crippen LogP contribution in [0.1, 0.15) is 95.1 Å². The minimum Gasteiger partial charge on any atom is -0.240 e. The number of allylic oxidation sites excluding steroid dienone is 4. The lowest BCUT2D eigenvalue weighted by Crippen LogP contribution is -2.57. The van der Waals surface area contributed by atoms with Gasteiger partial charge in [0, 0.05) is 24.8 Å². The molecule has 0 aliphatic heterocycles. The van der Waals surface area contributed by atoms with Crippen LogP contribution in [0.4, 0.5) is 0 Å². The molecule has 4 nitrogen and oxygen atoms in total. The van der Waals surface area contributed by atoms with Crippen molar-refractivity contribution in [1.82, 2.24) is 19.9 Å². The van der Waals surface area contributed by atoms with Crippen LogP contribution < -0.4 is 0 Å². The van der Waals surface area contributed by atoms with Gasteiger partial charge in [0.15, 0.2) is 0 Å². The molecule has 45 heavy (non-hydrogen) atoms. The molecule has 0 spiro atoms. The highest BCUT2D eigenvalue weighted by molar-refractivity contribution is 7.61. The van der Waals surface area contributed by atoms with E-state index in [2.05, 4.69) is 35.0 Å². The van der Waals surface area contributed by atoms with E-state index in [9.17, 15) is 0 Å². The molecule has 2 aromatic heterocycles. The Kier molecular flexibility index (Phi) is 7.03. The standard InChI is InChI=1S/C38H52N4P2Si/c1-45(2,3)32-16-31(33(17-32)38(43,34-39-6-4-7-40-34)35-41-8-5-9-42-35)24-44(36-18-25-10-26(19-36)12-27(11-25)20-36)37-21-28-13-29(22-37)15-30(14-28)23-37/h4-9,16,25-30H,10-15,17-24,43H2,1-3H3. The summed E-state index contributed by atoms with van der Waals surface area (Å²) < 4.78 is 0. The number of hydrogen-bond acceptors (Lipinski definition) is 4. The summed E-state index contributed by atoms with van der Waals surface area (Å²) in [4.78, 5) is 19.7. The molecule has 1 atom stereocenters. The lowest BCUT2D eigenvalue weighted by molar-refractivity contribution is 0.0187. The van der Waals surface area contributed by atoms with Crippen molar-refractivity contribution in [2.45, 2.75) is 119 Å². The van der Waals surface area contributed by atoms with Gasteiger partial charge in [-0.15, -0.1) is 9.24 Å². The molecule has 8 saturated carbocycles. The molecule has 9 aliphatic carbocycles. The van der Waals surface area contributed by atoms with Crippen molar-refractivity contribution in [1.29, 1.82) is 0 Å². The molecule has 7 heteroatoms. The summed E-state index contributed by atoms with van der Waals surface area (Å²) in [6, 6.07) is 3.88. The zero-order chi connectivity index (χ0) is 30.6. The van der Waals surface area contributed by atoms with Gasteiger partial charge in [0.05, 0.1) is 8.07 Å². The van der Waals surface area contributed by atoms with E-state index in [1.54, 1.807) is 87.8 Å². The zero-order valence-electron chi connectivity index (χ0n) is 27.7. The van der Waals surface area contributed by atoms with Gasteiger partial charge in [-0.2, -0.15) is 0 Å². The predicted molar refractivity (Wildman–Crippen MR) is 191 cm³/mol. The van der Waals surface area contributed by atoms with E-state index in [1.807, 2.05) is 36.9 Å². The number of aromatic nitrogens is 4. The van der Waals surface area contributed by atoms with Crippen LogP contribution in [-0.4, -0.2) is 44.5 Å². The van der Waals surface area contributed by atoms with Crippen LogP contribution >= 0.6 is 17.2 Å². The quantitative estimate of drug-likeness (QED) is 0.210. The Balaban J connectivity index is 1.22. The second-order valence-electron chi connectivity index (χ2n) is 17.9. The molecule has 8 bridgehead atoms. The van der Waals surface area contributed by atoms with E-state index in [0.717, 1.165) is 53.6 Å². The van der Waals surface area contributed by atoms with Gasteiger partial charge in [0.2, 0.25) is 0 Å². The topological polar surface area (TPSA) is 51.6 Å². The number of nitrogens with zero attached hydrogens (tertiary/aromatic N) is 4. The van der Waals surface area contributed by atoms with Gasteiger partial charge in [-0.05, 0) is 159 Å². The average Bonchev–Trinajstić information content (AvgIpc) is 3.44. The summed E-state index contributed by atoms with van der Waals surface area (Å²) in [5, 5.41) is 2.30. The van der Waals surface area contributed by atoms with Crippen LogP contribution in [0, 0.1) is 35.5 Å². The predicted octanol–water partition coefficient (Wildman–Crippen LogP) is 9.31. The molecule has 9 aliphatic rings. The maximum Gasteiger partial charge on any atom is 0.149 e. The first-order valence-electron chi connectivity index (χ1n) is 18.2. The highest BCUT2D eigenvalue weighted by Gasteiger charge is 2.63. The maximum atomic E-state index is 4.93. The van der Waals surface area contributed by atoms with Crippen LogP contribution in [0.3, 0.4) is 0 Å². The first-order chi connectivity index (χ1) is 21.6. The van der Waals surface area contributed by atoms with E-state index in [1.165, 1.54) is 11.7 Å². The lowest BCUT2D eigenvalue weighted by atomic mass is 9.55. The third-order valence-corrected chi connectivity index (χ3v) is 21.0. The summed E-state index contributed by atoms with van der Waals surface area (Å²) >= 11 is 0. The van der Waals surface area contributed by atoms with Crippen LogP contribution in [-0.2, 0) is 5.16 Å². The Morgan fingerprint density at radius 1 is 0.689 bits per heavy atom. The summed E-state index contributed by atoms with van der Waals surface area (Å²) in [6.07, 6.45) is 31.3. The smallest absolute Gasteiger partial charge is 0.149 e. The second kappa shape index (κ2) is 10.6. The first-order valence-corrected chi connectivity index (χ1v) is 23.8. The van der Waals surface area contributed by atoms with Crippen molar-refractivity contribution in [2.24, 2.45) is 35.5 Å². The first kappa shape index (κ1) is 29.8. The van der Waals surface area contributed by atoms with Gasteiger partial charge in [-0.1, -0.05) is 38.8 Å². The fraction of sp³-hybridized carbons (Fsp3) is 0.684. The van der Waals surface area contributed by atoms with Gasteiger partial charge in [0.1, 0.15) is 16.8 Å². The van der Waals surface area contributed by atoms with Crippen LogP contribution in [0.2, 0.25) is 19.6 Å². The molecule has 0 amide bonds. The third kappa shape index (κ3) is 4.86. The average molecular weight is 655 g/mol. The minimum atomic E-state index is -1.54. The van der Waals surface area contributed by atoms with Crippen LogP contribution in [0.25, 0.3) is 0 Å². The van der Waals surface area contributed by atoms with Crippen molar-refractivity contribution < 1.29 is 0 Å². The number of hydrogen-bond donors (Lipinski definition) is 0. The highest BCUT2D eigenvalue weighted by Crippen LogP contribution is 2.79. The monoisotopic (exact) mass is 654 g/mol. The summed E-state index contributed by atoms with van der Waals surface area (Å²) in [7, 11) is 1.54. The lowest BCUT2D eigenvalue weighted by Gasteiger charge is -2.67. The Hall–Kier alpha value is -1.28. The molecule has 238 valence electrons. The van der Waals surface area contributed by atoms with Gasteiger partial charge in [-0.3, -0.25) is 0 Å². The van der Waals surface area contributed by atoms with Crippen molar-refractivity contribution in [2.75, 3.05) is 6.16 Å². The molecule has 2 aromatic rings. The molecule has 8 fully saturated rings. The number of rotatable bonds is 8. The van der Waals surface area contributed by atoms with E-state index in [4.69, 9.17) is 19.9 Å². The van der Waals surface area contributed by atoms with Crippen molar-refractivity contribution in [3.8, 4) is 0 Å². The summed E-state index contributed by atoms with van der Waals surface area (Å²) in [5.41, 5.74) is 3.13. The highest BCUT2D eigenvalue weighted by atomic mass is 31.1. The van der Waals surface area contributed by atoms with Crippen LogP contribution in [0.15, 0.2) is 59.3 Å². The molecule has 0 aromatic carbocycles. The molecule has 0 radical (unpaired) electrons. The molecule has 0 saturated heterocycles. The fourth-order valence-corrected chi connectivity index (χ4v) is 19.9. The van der Waals surface area contributed by atoms with E-state index < -0.39 is 13.2 Å². The fourth-order valence-electron chi connectivity index (χ4n) is 12.8. The second-order valence-corrected chi connectivity index (χ2v) is 27.0. The summed E-state index contributed by atoms with van der Waals surface area (Å²) in [6.45, 7) is 7.63. The Morgan fingerprint density at radius 3 is 1.42 bits per heavy atom. The van der Waals surface area contributed by atoms with Gasteiger partial charge in [-0.25, -0.2) is 19.9 Å². The van der Waals surface area contributed by atoms with E-state index in [0.29, 0.717) is 10.3 Å². The third-order valence-electron chi connectivity index (χ3n) is 13.9. The summed E-state index contributed by atoms with van der Waals surface area (Å²) in [5.74, 6) is 7.72. The Labute approximate surface area is 275 Å². The molecule has 2 heterocycles. The van der Waals surface area contributed by atoms with Gasteiger partial charge in [0.25, 0.3) is 0 Å². The molecule has 0 N–H and O–H groups in total. The van der Waals surface area contributed by atoms with E-state index >= 15 is 0 Å². The molecule has 11 rings (SSSR count). The van der Waals surface area contributed by atoms with Crippen molar-refractivity contribution in [3.05, 3.63) is 71.0 Å². The maximum absolute atomic E-state index is 4.93. The Bertz CT molecular complexity index is 1380. The Morgan fingerprint density at radius 2 is 1.07 bits per heavy atom. The molecule has 1 unspecified atom stereocenters. The molecular formula is C38H52N4P2Si. The van der Waals surface area contributed by atoms with Gasteiger partial charge >= 0.3 is 0 Å². The van der Waals surface area contributed by atoms with Crippen molar-refractivity contribution >= 4 is 25.2 Å². The molecular weight excluding hydrogens is 602 g/mol.